The number of amides is 1. The van der Waals surface area contributed by atoms with Gasteiger partial charge >= 0.3 is 0 Å². The van der Waals surface area contributed by atoms with Crippen LogP contribution in [0.25, 0.3) is 0 Å². The summed E-state index contributed by atoms with van der Waals surface area (Å²) < 4.78 is 45.6. The maximum absolute atomic E-state index is 13.8. The lowest BCUT2D eigenvalue weighted by molar-refractivity contribution is 0.0797. The lowest BCUT2D eigenvalue weighted by Crippen LogP contribution is -2.33. The summed E-state index contributed by atoms with van der Waals surface area (Å²) in [5.74, 6) is -0.691. The Hall–Kier alpha value is -2.73. The van der Waals surface area contributed by atoms with Gasteiger partial charge in [-0.05, 0) is 36.4 Å². The van der Waals surface area contributed by atoms with Gasteiger partial charge in [0.1, 0.15) is 11.6 Å². The van der Waals surface area contributed by atoms with Crippen LogP contribution in [0.2, 0.25) is 0 Å². The molecule has 1 amide bonds. The average molecular weight is 413 g/mol. The van der Waals surface area contributed by atoms with Gasteiger partial charge < -0.3 is 0 Å². The van der Waals surface area contributed by atoms with Crippen LogP contribution < -0.4 is 10.6 Å². The molecule has 0 radical (unpaired) electrons. The van der Waals surface area contributed by atoms with Crippen molar-refractivity contribution in [2.75, 3.05) is 6.73 Å². The van der Waals surface area contributed by atoms with E-state index in [9.17, 15) is 17.8 Å². The molecule has 0 unspecified atom stereocenters. The zero-order valence-corrected chi connectivity index (χ0v) is 16.3. The topological polar surface area (TPSA) is 80.8 Å². The van der Waals surface area contributed by atoms with Crippen LogP contribution in [0, 0.1) is 0 Å². The predicted octanol–water partition coefficient (Wildman–Crippen LogP) is 2.73. The first-order valence-electron chi connectivity index (χ1n) is 8.46. The van der Waals surface area contributed by atoms with Crippen LogP contribution in [0.5, 0.6) is 0 Å². The summed E-state index contributed by atoms with van der Waals surface area (Å²) in [6, 6.07) is 23.0. The molecule has 3 aromatic carbocycles. The van der Waals surface area contributed by atoms with Gasteiger partial charge in [0.05, 0.1) is 5.56 Å². The minimum absolute atomic E-state index is 0.0714. The second-order valence-electron chi connectivity index (χ2n) is 6.14. The summed E-state index contributed by atoms with van der Waals surface area (Å²) in [6.45, 7) is -0.642. The van der Waals surface area contributed by atoms with Crippen molar-refractivity contribution in [1.29, 1.82) is 0 Å². The van der Waals surface area contributed by atoms with E-state index in [2.05, 4.69) is 0 Å². The highest BCUT2D eigenvalue weighted by atomic mass is 32.2. The smallest absolute Gasteiger partial charge is 0.271 e. The second kappa shape index (κ2) is 7.02. The summed E-state index contributed by atoms with van der Waals surface area (Å²) in [5.41, 5.74) is 0.0837. The molecule has 3 aromatic rings. The third kappa shape index (κ3) is 2.98. The van der Waals surface area contributed by atoms with Gasteiger partial charge in [-0.3, -0.25) is 13.9 Å². The number of rotatable bonds is 5. The standard InChI is InChI=1S/C20H16NO5PS/c22-20-18-13-7-8-14-19(18)28(24,25)21(20)15-26-27(23,16-9-3-1-4-10-16)17-11-5-2-6-12-17/h1-14H,15H2. The van der Waals surface area contributed by atoms with E-state index >= 15 is 0 Å². The molecule has 0 spiro atoms. The summed E-state index contributed by atoms with van der Waals surface area (Å²) in [5, 5.41) is 0.838. The number of nitrogens with zero attached hydrogens (tertiary/aromatic N) is 1. The third-order valence-electron chi connectivity index (χ3n) is 4.46. The number of carbonyl (C=O) groups excluding carboxylic acids is 1. The van der Waals surface area contributed by atoms with Gasteiger partial charge in [0, 0.05) is 10.6 Å². The second-order valence-corrected chi connectivity index (χ2v) is 10.4. The maximum atomic E-state index is 13.8. The van der Waals surface area contributed by atoms with Gasteiger partial charge in [-0.15, -0.1) is 0 Å². The van der Waals surface area contributed by atoms with Crippen molar-refractivity contribution in [2.45, 2.75) is 4.90 Å². The molecule has 1 aliphatic heterocycles. The van der Waals surface area contributed by atoms with E-state index in [0.717, 1.165) is 0 Å². The number of hydrogen-bond acceptors (Lipinski definition) is 5. The molecule has 0 N–H and O–H groups in total. The summed E-state index contributed by atoms with van der Waals surface area (Å²) in [6.07, 6.45) is 0. The van der Waals surface area contributed by atoms with E-state index < -0.39 is 30.0 Å². The van der Waals surface area contributed by atoms with Crippen molar-refractivity contribution in [3.8, 4) is 0 Å². The Morgan fingerprint density at radius 3 is 1.82 bits per heavy atom. The summed E-state index contributed by atoms with van der Waals surface area (Å²) in [7, 11) is -7.66. The predicted molar refractivity (Wildman–Crippen MR) is 106 cm³/mol. The molecule has 1 heterocycles. The quantitative estimate of drug-likeness (QED) is 0.601. The zero-order valence-electron chi connectivity index (χ0n) is 14.6. The molecule has 4 rings (SSSR count). The van der Waals surface area contributed by atoms with E-state index in [4.69, 9.17) is 4.52 Å². The van der Waals surface area contributed by atoms with Crippen LogP contribution in [0.4, 0.5) is 0 Å². The van der Waals surface area contributed by atoms with Gasteiger partial charge in [0.15, 0.2) is 0 Å². The van der Waals surface area contributed by atoms with E-state index in [-0.39, 0.29) is 10.5 Å². The van der Waals surface area contributed by atoms with Gasteiger partial charge in [-0.1, -0.05) is 48.5 Å². The number of fused-ring (bicyclic) bond motifs is 1. The van der Waals surface area contributed by atoms with Crippen molar-refractivity contribution in [3.63, 3.8) is 0 Å². The largest absolute Gasteiger partial charge is 0.299 e. The Bertz CT molecular complexity index is 1140. The van der Waals surface area contributed by atoms with Crippen molar-refractivity contribution >= 4 is 33.9 Å². The first kappa shape index (κ1) is 18.6. The Kier molecular flexibility index (Phi) is 4.67. The number of benzene rings is 3. The summed E-state index contributed by atoms with van der Waals surface area (Å²) >= 11 is 0. The molecule has 0 aliphatic carbocycles. The summed E-state index contributed by atoms with van der Waals surface area (Å²) in [4.78, 5) is 12.5. The number of carbonyl (C=O) groups is 1. The molecule has 1 aliphatic rings. The first-order chi connectivity index (χ1) is 13.4. The normalized spacial score (nSPS) is 15.4. The fraction of sp³-hybridized carbons (Fsp3) is 0.0500. The van der Waals surface area contributed by atoms with Crippen LogP contribution in [-0.4, -0.2) is 25.4 Å². The molecule has 6 nitrogen and oxygen atoms in total. The molecule has 0 saturated heterocycles. The van der Waals surface area contributed by atoms with Crippen molar-refractivity contribution < 1.29 is 22.3 Å². The Morgan fingerprint density at radius 2 is 1.29 bits per heavy atom. The molecule has 28 heavy (non-hydrogen) atoms. The lowest BCUT2D eigenvalue weighted by atomic mass is 10.2. The van der Waals surface area contributed by atoms with Crippen LogP contribution >= 0.6 is 7.37 Å². The highest BCUT2D eigenvalue weighted by molar-refractivity contribution is 7.90. The maximum Gasteiger partial charge on any atom is 0.271 e. The first-order valence-corrected chi connectivity index (χ1v) is 11.5. The van der Waals surface area contributed by atoms with Crippen molar-refractivity contribution in [2.24, 2.45) is 0 Å². The molecule has 0 saturated carbocycles. The highest BCUT2D eigenvalue weighted by Gasteiger charge is 2.42. The SMILES string of the molecule is O=C1c2ccccc2S(=O)(=O)N1COP(=O)(c1ccccc1)c1ccccc1. The molecule has 0 bridgehead atoms. The van der Waals surface area contributed by atoms with Gasteiger partial charge in [0.25, 0.3) is 23.3 Å². The highest BCUT2D eigenvalue weighted by Crippen LogP contribution is 2.45. The van der Waals surface area contributed by atoms with Crippen LogP contribution in [0.15, 0.2) is 89.8 Å². The Balaban J connectivity index is 1.71. The van der Waals surface area contributed by atoms with Gasteiger partial charge in [0.2, 0.25) is 0 Å². The average Bonchev–Trinajstić information content (AvgIpc) is 2.93. The fourth-order valence-corrected chi connectivity index (χ4v) is 6.55. The van der Waals surface area contributed by atoms with E-state index in [1.807, 2.05) is 0 Å². The minimum atomic E-state index is -4.04. The minimum Gasteiger partial charge on any atom is -0.299 e. The third-order valence-corrected chi connectivity index (χ3v) is 8.66. The van der Waals surface area contributed by atoms with Crippen molar-refractivity contribution in [1.82, 2.24) is 4.31 Å². The van der Waals surface area contributed by atoms with Gasteiger partial charge in [-0.25, -0.2) is 12.7 Å². The zero-order chi connectivity index (χ0) is 19.8. The number of sulfonamides is 1. The van der Waals surface area contributed by atoms with Crippen molar-refractivity contribution in [3.05, 3.63) is 90.5 Å². The fourth-order valence-electron chi connectivity index (χ4n) is 3.04. The lowest BCUT2D eigenvalue weighted by Gasteiger charge is -2.22. The van der Waals surface area contributed by atoms with Gasteiger partial charge in [-0.2, -0.15) is 0 Å². The molecule has 8 heteroatoms. The Labute approximate surface area is 162 Å². The molecule has 0 atom stereocenters. The number of hydrogen-bond donors (Lipinski definition) is 0. The molecule has 142 valence electrons. The Morgan fingerprint density at radius 1 is 0.786 bits per heavy atom. The molecular weight excluding hydrogens is 397 g/mol. The van der Waals surface area contributed by atoms with Crippen LogP contribution in [0.1, 0.15) is 10.4 Å². The van der Waals surface area contributed by atoms with E-state index in [0.29, 0.717) is 14.9 Å². The van der Waals surface area contributed by atoms with E-state index in [1.165, 1.54) is 12.1 Å². The van der Waals surface area contributed by atoms with E-state index in [1.54, 1.807) is 72.8 Å². The molecule has 0 aromatic heterocycles. The molecular formula is C20H16NO5PS. The van der Waals surface area contributed by atoms with Crippen LogP contribution in [-0.2, 0) is 19.1 Å². The van der Waals surface area contributed by atoms with Crippen LogP contribution in [0.3, 0.4) is 0 Å². The monoisotopic (exact) mass is 413 g/mol. The molecule has 0 fully saturated rings.